The van der Waals surface area contributed by atoms with Crippen LogP contribution in [0.1, 0.15) is 18.5 Å². The maximum absolute atomic E-state index is 11.4. The van der Waals surface area contributed by atoms with Crippen LogP contribution in [0, 0.1) is 11.3 Å². The van der Waals surface area contributed by atoms with Gasteiger partial charge in [-0.3, -0.25) is 4.79 Å². The predicted molar refractivity (Wildman–Crippen MR) is 50.3 cm³/mol. The number of nitrogens with one attached hydrogen (secondary N) is 1. The van der Waals surface area contributed by atoms with E-state index in [1.54, 1.807) is 22.9 Å². The molecule has 72 valence electrons. The van der Waals surface area contributed by atoms with Crippen molar-refractivity contribution in [3.05, 3.63) is 24.0 Å². The first-order valence-electron chi connectivity index (χ1n) is 4.64. The molecule has 0 spiro atoms. The molecule has 0 atom stereocenters. The molecule has 1 aromatic rings. The van der Waals surface area contributed by atoms with Gasteiger partial charge < -0.3 is 9.88 Å². The van der Waals surface area contributed by atoms with Crippen molar-refractivity contribution in [1.29, 1.82) is 5.26 Å². The van der Waals surface area contributed by atoms with E-state index in [9.17, 15) is 4.79 Å². The van der Waals surface area contributed by atoms with Crippen LogP contribution in [0.3, 0.4) is 0 Å². The van der Waals surface area contributed by atoms with E-state index in [0.717, 1.165) is 12.8 Å². The fourth-order valence-electron chi connectivity index (χ4n) is 1.31. The van der Waals surface area contributed by atoms with Gasteiger partial charge >= 0.3 is 0 Å². The van der Waals surface area contributed by atoms with Crippen molar-refractivity contribution < 1.29 is 4.79 Å². The zero-order chi connectivity index (χ0) is 9.97. The molecule has 0 aromatic carbocycles. The Kier molecular flexibility index (Phi) is 2.23. The molecular weight excluding hydrogens is 178 g/mol. The summed E-state index contributed by atoms with van der Waals surface area (Å²) >= 11 is 0. The highest BCUT2D eigenvalue weighted by atomic mass is 16.2. The minimum absolute atomic E-state index is 0.0137. The molecule has 1 aliphatic carbocycles. The average molecular weight is 189 g/mol. The molecule has 4 nitrogen and oxygen atoms in total. The third kappa shape index (κ3) is 1.94. The van der Waals surface area contributed by atoms with Gasteiger partial charge in [0, 0.05) is 12.2 Å². The van der Waals surface area contributed by atoms with Crippen molar-refractivity contribution in [3.8, 4) is 6.07 Å². The average Bonchev–Trinajstić information content (AvgIpc) is 2.84. The molecule has 0 aliphatic heterocycles. The number of amides is 1. The first-order chi connectivity index (χ1) is 6.79. The van der Waals surface area contributed by atoms with Crippen LogP contribution in [0.5, 0.6) is 0 Å². The summed E-state index contributed by atoms with van der Waals surface area (Å²) in [6.45, 7) is 0.242. The molecule has 4 heteroatoms. The number of carbonyl (C=O) groups is 1. The summed E-state index contributed by atoms with van der Waals surface area (Å²) in [6, 6.07) is 5.88. The van der Waals surface area contributed by atoms with Crippen molar-refractivity contribution in [2.45, 2.75) is 25.4 Å². The molecule has 0 unspecified atom stereocenters. The second-order valence-corrected chi connectivity index (χ2v) is 3.47. The molecule has 1 heterocycles. The Morgan fingerprint density at radius 1 is 1.71 bits per heavy atom. The first kappa shape index (κ1) is 8.82. The van der Waals surface area contributed by atoms with E-state index in [4.69, 9.17) is 5.26 Å². The number of nitrogens with zero attached hydrogens (tertiary/aromatic N) is 2. The SMILES string of the molecule is N#Cc1cccn1CC(=O)NC1CC1. The third-order valence-electron chi connectivity index (χ3n) is 2.20. The number of hydrogen-bond acceptors (Lipinski definition) is 2. The van der Waals surface area contributed by atoms with Gasteiger partial charge in [-0.15, -0.1) is 0 Å². The van der Waals surface area contributed by atoms with Crippen LogP contribution >= 0.6 is 0 Å². The van der Waals surface area contributed by atoms with E-state index < -0.39 is 0 Å². The molecule has 0 radical (unpaired) electrons. The Bertz CT molecular complexity index is 384. The van der Waals surface area contributed by atoms with Crippen LogP contribution in [-0.2, 0) is 11.3 Å². The lowest BCUT2D eigenvalue weighted by molar-refractivity contribution is -0.121. The quantitative estimate of drug-likeness (QED) is 0.758. The molecule has 1 aromatic heterocycles. The second kappa shape index (κ2) is 3.54. The van der Waals surface area contributed by atoms with Crippen LogP contribution in [0.4, 0.5) is 0 Å². The third-order valence-corrected chi connectivity index (χ3v) is 2.20. The molecule has 1 fully saturated rings. The van der Waals surface area contributed by atoms with Gasteiger partial charge in [0.2, 0.25) is 5.91 Å². The maximum Gasteiger partial charge on any atom is 0.240 e. The van der Waals surface area contributed by atoms with Crippen molar-refractivity contribution in [3.63, 3.8) is 0 Å². The Morgan fingerprint density at radius 2 is 2.50 bits per heavy atom. The van der Waals surface area contributed by atoms with Crippen LogP contribution in [-0.4, -0.2) is 16.5 Å². The molecule has 1 amide bonds. The molecule has 0 saturated heterocycles. The molecule has 2 rings (SSSR count). The lowest BCUT2D eigenvalue weighted by Crippen LogP contribution is -2.29. The van der Waals surface area contributed by atoms with Gasteiger partial charge in [-0.05, 0) is 25.0 Å². The lowest BCUT2D eigenvalue weighted by Gasteiger charge is -2.04. The van der Waals surface area contributed by atoms with Gasteiger partial charge in [-0.1, -0.05) is 0 Å². The van der Waals surface area contributed by atoms with Gasteiger partial charge in [0.25, 0.3) is 0 Å². The zero-order valence-electron chi connectivity index (χ0n) is 7.73. The normalized spacial score (nSPS) is 14.8. The zero-order valence-corrected chi connectivity index (χ0v) is 7.73. The number of carbonyl (C=O) groups excluding carboxylic acids is 1. The predicted octanol–water partition coefficient (Wildman–Crippen LogP) is 0.638. The van der Waals surface area contributed by atoms with Gasteiger partial charge in [0.1, 0.15) is 18.3 Å². The highest BCUT2D eigenvalue weighted by Crippen LogP contribution is 2.18. The van der Waals surface area contributed by atoms with Crippen LogP contribution in [0.15, 0.2) is 18.3 Å². The Labute approximate surface area is 82.1 Å². The second-order valence-electron chi connectivity index (χ2n) is 3.47. The smallest absolute Gasteiger partial charge is 0.240 e. The highest BCUT2D eigenvalue weighted by Gasteiger charge is 2.23. The molecule has 1 N–H and O–H groups in total. The largest absolute Gasteiger partial charge is 0.352 e. The summed E-state index contributed by atoms with van der Waals surface area (Å²) in [5, 5.41) is 11.6. The summed E-state index contributed by atoms with van der Waals surface area (Å²) < 4.78 is 1.65. The van der Waals surface area contributed by atoms with Crippen molar-refractivity contribution in [1.82, 2.24) is 9.88 Å². The standard InChI is InChI=1S/C10H11N3O/c11-6-9-2-1-5-13(9)7-10(14)12-8-3-4-8/h1-2,5,8H,3-4,7H2,(H,12,14). The summed E-state index contributed by atoms with van der Waals surface area (Å²) in [5.74, 6) is -0.0137. The van der Waals surface area contributed by atoms with Gasteiger partial charge in [-0.2, -0.15) is 5.26 Å². The molecule has 0 bridgehead atoms. The molecule has 1 saturated carbocycles. The van der Waals surface area contributed by atoms with Crippen molar-refractivity contribution >= 4 is 5.91 Å². The van der Waals surface area contributed by atoms with E-state index in [1.807, 2.05) is 6.07 Å². The Balaban J connectivity index is 1.95. The van der Waals surface area contributed by atoms with Crippen LogP contribution in [0.2, 0.25) is 0 Å². The maximum atomic E-state index is 11.4. The Morgan fingerprint density at radius 3 is 3.14 bits per heavy atom. The molecule has 1 aliphatic rings. The van der Waals surface area contributed by atoms with E-state index in [0.29, 0.717) is 11.7 Å². The van der Waals surface area contributed by atoms with E-state index in [2.05, 4.69) is 5.32 Å². The first-order valence-corrected chi connectivity index (χ1v) is 4.64. The fourth-order valence-corrected chi connectivity index (χ4v) is 1.31. The van der Waals surface area contributed by atoms with Gasteiger partial charge in [-0.25, -0.2) is 0 Å². The minimum atomic E-state index is -0.0137. The monoisotopic (exact) mass is 189 g/mol. The highest BCUT2D eigenvalue weighted by molar-refractivity contribution is 5.76. The van der Waals surface area contributed by atoms with E-state index in [1.165, 1.54) is 0 Å². The summed E-state index contributed by atoms with van der Waals surface area (Å²) in [6.07, 6.45) is 3.91. The summed E-state index contributed by atoms with van der Waals surface area (Å²) in [4.78, 5) is 11.4. The fraction of sp³-hybridized carbons (Fsp3) is 0.400. The lowest BCUT2D eigenvalue weighted by atomic mass is 10.4. The van der Waals surface area contributed by atoms with Gasteiger partial charge in [0.15, 0.2) is 0 Å². The number of rotatable bonds is 3. The van der Waals surface area contributed by atoms with Gasteiger partial charge in [0.05, 0.1) is 0 Å². The van der Waals surface area contributed by atoms with E-state index in [-0.39, 0.29) is 12.5 Å². The van der Waals surface area contributed by atoms with Crippen LogP contribution in [0.25, 0.3) is 0 Å². The number of nitriles is 1. The molecule has 14 heavy (non-hydrogen) atoms. The number of aromatic nitrogens is 1. The van der Waals surface area contributed by atoms with Crippen molar-refractivity contribution in [2.75, 3.05) is 0 Å². The summed E-state index contributed by atoms with van der Waals surface area (Å²) in [7, 11) is 0. The number of hydrogen-bond donors (Lipinski definition) is 1. The minimum Gasteiger partial charge on any atom is -0.352 e. The summed E-state index contributed by atoms with van der Waals surface area (Å²) in [5.41, 5.74) is 0.524. The van der Waals surface area contributed by atoms with Crippen molar-refractivity contribution in [2.24, 2.45) is 0 Å². The topological polar surface area (TPSA) is 57.8 Å². The molecular formula is C10H11N3O. The van der Waals surface area contributed by atoms with Crippen LogP contribution < -0.4 is 5.32 Å². The Hall–Kier alpha value is -1.76. The van der Waals surface area contributed by atoms with E-state index >= 15 is 0 Å².